The van der Waals surface area contributed by atoms with Gasteiger partial charge in [0, 0.05) is 49.2 Å². The third-order valence-electron chi connectivity index (χ3n) is 10.3. The van der Waals surface area contributed by atoms with Crippen molar-refractivity contribution in [2.75, 3.05) is 0 Å². The van der Waals surface area contributed by atoms with Crippen LogP contribution in [0.25, 0.3) is 111 Å². The second-order valence-corrected chi connectivity index (χ2v) is 13.6. The monoisotopic (exact) mass is 691 g/mol. The minimum absolute atomic E-state index is 0.583. The van der Waals surface area contributed by atoms with E-state index in [1.54, 1.807) is 0 Å². The van der Waals surface area contributed by atoms with Gasteiger partial charge in [-0.05, 0) is 46.3 Å². The molecule has 11 aromatic rings. The van der Waals surface area contributed by atoms with E-state index in [1.165, 1.54) is 16.5 Å². The Morgan fingerprint density at radius 3 is 1.56 bits per heavy atom. The van der Waals surface area contributed by atoms with Crippen molar-refractivity contribution in [3.05, 3.63) is 176 Å². The summed E-state index contributed by atoms with van der Waals surface area (Å²) < 4.78 is 13.0. The molecule has 0 fully saturated rings. The van der Waals surface area contributed by atoms with Gasteiger partial charge in [-0.15, -0.1) is 0 Å². The predicted octanol–water partition coefficient (Wildman–Crippen LogP) is 13.2. The summed E-state index contributed by atoms with van der Waals surface area (Å²) in [5.41, 5.74) is 10.5. The van der Waals surface area contributed by atoms with Crippen LogP contribution in [0.15, 0.2) is 185 Å². The molecular formula is C49H29N3O2. The molecule has 0 radical (unpaired) electrons. The van der Waals surface area contributed by atoms with Crippen molar-refractivity contribution in [2.45, 2.75) is 0 Å². The molecular weight excluding hydrogens is 663 g/mol. The average molecular weight is 692 g/mol. The lowest BCUT2D eigenvalue weighted by Crippen LogP contribution is -2.00. The van der Waals surface area contributed by atoms with Crippen LogP contribution in [0.4, 0.5) is 0 Å². The first-order valence-corrected chi connectivity index (χ1v) is 18.0. The zero-order chi connectivity index (χ0) is 35.6. The van der Waals surface area contributed by atoms with Gasteiger partial charge < -0.3 is 8.83 Å². The summed E-state index contributed by atoms with van der Waals surface area (Å²) in [5, 5.41) is 6.62. The predicted molar refractivity (Wildman–Crippen MR) is 219 cm³/mol. The smallest absolute Gasteiger partial charge is 0.164 e. The van der Waals surface area contributed by atoms with Gasteiger partial charge in [0.15, 0.2) is 17.5 Å². The van der Waals surface area contributed by atoms with Crippen molar-refractivity contribution in [1.82, 2.24) is 15.0 Å². The van der Waals surface area contributed by atoms with Crippen LogP contribution in [0.1, 0.15) is 0 Å². The van der Waals surface area contributed by atoms with Gasteiger partial charge in [0.1, 0.15) is 22.3 Å². The molecule has 0 unspecified atom stereocenters. The van der Waals surface area contributed by atoms with Crippen LogP contribution in [-0.2, 0) is 0 Å². The molecule has 0 bridgehead atoms. The van der Waals surface area contributed by atoms with Crippen molar-refractivity contribution >= 4 is 54.6 Å². The highest BCUT2D eigenvalue weighted by molar-refractivity contribution is 6.20. The van der Waals surface area contributed by atoms with Gasteiger partial charge in [-0.1, -0.05) is 152 Å². The molecule has 3 heterocycles. The highest BCUT2D eigenvalue weighted by atomic mass is 16.3. The van der Waals surface area contributed by atoms with Gasteiger partial charge in [0.25, 0.3) is 0 Å². The zero-order valence-corrected chi connectivity index (χ0v) is 28.9. The standard InChI is InChI=1S/C49H29N3O2/c1-3-12-30(13-4-1)41-29-42-40-20-11-19-35(45(40)54-46(42)39-18-8-7-16-36(39)41)31-22-24-33(25-23-31)48-50-47(32-14-5-2-6-15-32)51-49(52-48)34-26-27-38-37-17-9-10-21-43(37)53-44(38)28-34/h1-29H. The molecule has 54 heavy (non-hydrogen) atoms. The van der Waals surface area contributed by atoms with E-state index >= 15 is 0 Å². The van der Waals surface area contributed by atoms with Crippen LogP contribution in [-0.4, -0.2) is 15.0 Å². The third-order valence-corrected chi connectivity index (χ3v) is 10.3. The second-order valence-electron chi connectivity index (χ2n) is 13.6. The largest absolute Gasteiger partial charge is 0.456 e. The summed E-state index contributed by atoms with van der Waals surface area (Å²) in [6.07, 6.45) is 0. The Kier molecular flexibility index (Phi) is 6.79. The maximum Gasteiger partial charge on any atom is 0.164 e. The summed E-state index contributed by atoms with van der Waals surface area (Å²) in [5.74, 6) is 1.79. The molecule has 11 rings (SSSR count). The van der Waals surface area contributed by atoms with Crippen LogP contribution in [0, 0.1) is 0 Å². The minimum Gasteiger partial charge on any atom is -0.456 e. The van der Waals surface area contributed by atoms with E-state index in [9.17, 15) is 0 Å². The number of hydrogen-bond donors (Lipinski definition) is 0. The first-order chi connectivity index (χ1) is 26.7. The van der Waals surface area contributed by atoms with Crippen LogP contribution in [0.3, 0.4) is 0 Å². The Morgan fingerprint density at radius 2 is 0.796 bits per heavy atom. The Balaban J connectivity index is 1.03. The normalized spacial score (nSPS) is 11.7. The maximum absolute atomic E-state index is 6.80. The molecule has 0 aliphatic heterocycles. The number of fused-ring (bicyclic) bond motifs is 8. The second kappa shape index (κ2) is 12.1. The molecule has 0 saturated carbocycles. The highest BCUT2D eigenvalue weighted by Gasteiger charge is 2.19. The van der Waals surface area contributed by atoms with Crippen molar-refractivity contribution < 1.29 is 8.83 Å². The molecule has 252 valence electrons. The summed E-state index contributed by atoms with van der Waals surface area (Å²) >= 11 is 0. The molecule has 0 N–H and O–H groups in total. The molecule has 0 amide bonds. The topological polar surface area (TPSA) is 65.0 Å². The lowest BCUT2D eigenvalue weighted by molar-refractivity contribution is 0.669. The van der Waals surface area contributed by atoms with Gasteiger partial charge in [-0.3, -0.25) is 0 Å². The summed E-state index contributed by atoms with van der Waals surface area (Å²) in [6.45, 7) is 0. The number of nitrogens with zero attached hydrogens (tertiary/aromatic N) is 3. The highest BCUT2D eigenvalue weighted by Crippen LogP contribution is 2.42. The molecule has 8 aromatic carbocycles. The molecule has 5 nitrogen and oxygen atoms in total. The van der Waals surface area contributed by atoms with Gasteiger partial charge in [-0.2, -0.15) is 0 Å². The van der Waals surface area contributed by atoms with Gasteiger partial charge in [-0.25, -0.2) is 15.0 Å². The van der Waals surface area contributed by atoms with Crippen LogP contribution >= 0.6 is 0 Å². The summed E-state index contributed by atoms with van der Waals surface area (Å²) in [6, 6.07) is 60.4. The number of rotatable bonds is 5. The number of benzene rings is 8. The molecule has 0 spiro atoms. The summed E-state index contributed by atoms with van der Waals surface area (Å²) in [7, 11) is 0. The number of furan rings is 2. The minimum atomic E-state index is 0.583. The number of aromatic nitrogens is 3. The first kappa shape index (κ1) is 30.3. The molecule has 0 atom stereocenters. The first-order valence-electron chi connectivity index (χ1n) is 18.0. The fraction of sp³-hybridized carbons (Fsp3) is 0. The fourth-order valence-corrected chi connectivity index (χ4v) is 7.72. The van der Waals surface area contributed by atoms with Crippen molar-refractivity contribution in [3.63, 3.8) is 0 Å². The molecule has 3 aromatic heterocycles. The van der Waals surface area contributed by atoms with Crippen LogP contribution < -0.4 is 0 Å². The molecule has 0 saturated heterocycles. The van der Waals surface area contributed by atoms with Crippen LogP contribution in [0.5, 0.6) is 0 Å². The van der Waals surface area contributed by atoms with E-state index in [2.05, 4.69) is 121 Å². The van der Waals surface area contributed by atoms with E-state index < -0.39 is 0 Å². The van der Waals surface area contributed by atoms with E-state index in [-0.39, 0.29) is 0 Å². The lowest BCUT2D eigenvalue weighted by atomic mass is 9.95. The van der Waals surface area contributed by atoms with Gasteiger partial charge in [0.05, 0.1) is 0 Å². The Bertz CT molecular complexity index is 3200. The van der Waals surface area contributed by atoms with Crippen molar-refractivity contribution in [3.8, 4) is 56.4 Å². The Hall–Kier alpha value is -7.37. The lowest BCUT2D eigenvalue weighted by Gasteiger charge is -2.09. The Morgan fingerprint density at radius 1 is 0.278 bits per heavy atom. The molecule has 5 heteroatoms. The third kappa shape index (κ3) is 4.90. The number of para-hydroxylation sites is 2. The average Bonchev–Trinajstić information content (AvgIpc) is 3.82. The zero-order valence-electron chi connectivity index (χ0n) is 28.9. The molecule has 0 aliphatic carbocycles. The molecule has 0 aliphatic rings. The van der Waals surface area contributed by atoms with Gasteiger partial charge in [0.2, 0.25) is 0 Å². The Labute approximate surface area is 309 Å². The SMILES string of the molecule is c1ccc(-c2nc(-c3ccc(-c4cccc5c4oc4c6ccccc6c(-c6ccccc6)cc54)cc3)nc(-c3ccc4c(c3)oc3ccccc34)n2)cc1. The van der Waals surface area contributed by atoms with E-state index in [1.807, 2.05) is 54.6 Å². The van der Waals surface area contributed by atoms with E-state index in [4.69, 9.17) is 23.8 Å². The van der Waals surface area contributed by atoms with E-state index in [0.29, 0.717) is 17.5 Å². The maximum atomic E-state index is 6.80. The van der Waals surface area contributed by atoms with Crippen LogP contribution in [0.2, 0.25) is 0 Å². The fourth-order valence-electron chi connectivity index (χ4n) is 7.72. The van der Waals surface area contributed by atoms with Crippen molar-refractivity contribution in [2.24, 2.45) is 0 Å². The van der Waals surface area contributed by atoms with Gasteiger partial charge >= 0.3 is 0 Å². The summed E-state index contributed by atoms with van der Waals surface area (Å²) in [4.78, 5) is 14.9. The van der Waals surface area contributed by atoms with E-state index in [0.717, 1.165) is 77.1 Å². The number of hydrogen-bond acceptors (Lipinski definition) is 5. The quantitative estimate of drug-likeness (QED) is 0.180. The van der Waals surface area contributed by atoms with Crippen molar-refractivity contribution in [1.29, 1.82) is 0 Å².